The zero-order valence-corrected chi connectivity index (χ0v) is 20.6. The summed E-state index contributed by atoms with van der Waals surface area (Å²) < 4.78 is 0. The van der Waals surface area contributed by atoms with Gasteiger partial charge in [0.25, 0.3) is 0 Å². The van der Waals surface area contributed by atoms with E-state index in [1.165, 1.54) is 0 Å². The maximum Gasteiger partial charge on any atom is 0.0830 e. The minimum absolute atomic E-state index is 0.0208. The van der Waals surface area contributed by atoms with Gasteiger partial charge in [-0.3, -0.25) is 4.90 Å². The number of piperidine rings is 2. The lowest BCUT2D eigenvalue weighted by molar-refractivity contribution is -0.242. The number of aliphatic hydroxyl groups is 5. The Labute approximate surface area is 198 Å². The van der Waals surface area contributed by atoms with Gasteiger partial charge in [0.05, 0.1) is 29.5 Å². The van der Waals surface area contributed by atoms with Gasteiger partial charge in [-0.05, 0) is 92.8 Å². The first-order valence-electron chi connectivity index (χ1n) is 13.7. The summed E-state index contributed by atoms with van der Waals surface area (Å²) in [5.74, 6) is 0.855. The number of hydrogen-bond donors (Lipinski definition) is 5. The first-order valence-corrected chi connectivity index (χ1v) is 13.7. The molecular formula is C27H45NO5. The molecule has 0 radical (unpaired) electrons. The molecule has 0 aromatic carbocycles. The summed E-state index contributed by atoms with van der Waals surface area (Å²) in [6, 6.07) is 0.0861. The fourth-order valence-electron chi connectivity index (χ4n) is 10.7. The van der Waals surface area contributed by atoms with Crippen LogP contribution in [0, 0.1) is 46.8 Å². The Hall–Kier alpha value is -0.240. The monoisotopic (exact) mass is 463 g/mol. The van der Waals surface area contributed by atoms with Crippen LogP contribution in [0.25, 0.3) is 0 Å². The quantitative estimate of drug-likeness (QED) is 0.375. The number of nitrogens with zero attached hydrogens (tertiary/aromatic N) is 1. The van der Waals surface area contributed by atoms with Gasteiger partial charge < -0.3 is 25.5 Å². The van der Waals surface area contributed by atoms with Gasteiger partial charge in [0, 0.05) is 31.5 Å². The van der Waals surface area contributed by atoms with E-state index < -0.39 is 23.4 Å². The van der Waals surface area contributed by atoms with Crippen LogP contribution in [-0.2, 0) is 0 Å². The van der Waals surface area contributed by atoms with Crippen LogP contribution in [0.5, 0.6) is 0 Å². The first-order chi connectivity index (χ1) is 15.5. The second-order valence-corrected chi connectivity index (χ2v) is 13.7. The summed E-state index contributed by atoms with van der Waals surface area (Å²) in [5, 5.41) is 57.1. The molecule has 2 aliphatic heterocycles. The van der Waals surface area contributed by atoms with Crippen LogP contribution in [0.2, 0.25) is 0 Å². The summed E-state index contributed by atoms with van der Waals surface area (Å²) in [4.78, 5) is 2.46. The highest BCUT2D eigenvalue weighted by Crippen LogP contribution is 2.68. The number of rotatable bonds is 0. The molecule has 5 N–H and O–H groups in total. The van der Waals surface area contributed by atoms with Crippen LogP contribution in [0.3, 0.4) is 0 Å². The third-order valence-electron chi connectivity index (χ3n) is 12.1. The molecule has 4 aliphatic carbocycles. The number of aliphatic hydroxyl groups excluding tert-OH is 3. The molecule has 4 saturated carbocycles. The van der Waals surface area contributed by atoms with Crippen molar-refractivity contribution in [2.75, 3.05) is 13.1 Å². The Morgan fingerprint density at radius 2 is 1.55 bits per heavy atom. The van der Waals surface area contributed by atoms with Gasteiger partial charge in [0.1, 0.15) is 0 Å². The Bertz CT molecular complexity index is 790. The van der Waals surface area contributed by atoms with E-state index in [1.807, 2.05) is 6.92 Å². The largest absolute Gasteiger partial charge is 0.393 e. The van der Waals surface area contributed by atoms with Crippen molar-refractivity contribution in [3.05, 3.63) is 0 Å². The van der Waals surface area contributed by atoms with Crippen molar-refractivity contribution in [3.63, 3.8) is 0 Å². The predicted octanol–water partition coefficient (Wildman–Crippen LogP) is 1.76. The Balaban J connectivity index is 1.37. The molecule has 0 spiro atoms. The normalized spacial score (nSPS) is 63.1. The fourth-order valence-corrected chi connectivity index (χ4v) is 10.7. The molecule has 6 fully saturated rings. The molecule has 6 heteroatoms. The van der Waals surface area contributed by atoms with E-state index in [4.69, 9.17) is 0 Å². The average molecular weight is 464 g/mol. The lowest BCUT2D eigenvalue weighted by atomic mass is 9.50. The van der Waals surface area contributed by atoms with Gasteiger partial charge in [-0.15, -0.1) is 0 Å². The van der Waals surface area contributed by atoms with Gasteiger partial charge in [-0.25, -0.2) is 0 Å². The van der Waals surface area contributed by atoms with Crippen LogP contribution in [-0.4, -0.2) is 79.1 Å². The van der Waals surface area contributed by atoms with Crippen molar-refractivity contribution < 1.29 is 25.5 Å². The molecule has 0 aromatic rings. The number of hydrogen-bond acceptors (Lipinski definition) is 6. The van der Waals surface area contributed by atoms with E-state index in [0.717, 1.165) is 45.2 Å². The van der Waals surface area contributed by atoms with Gasteiger partial charge >= 0.3 is 0 Å². The molecule has 14 atom stereocenters. The molecule has 0 bridgehead atoms. The van der Waals surface area contributed by atoms with Gasteiger partial charge in [-0.2, -0.15) is 0 Å². The van der Waals surface area contributed by atoms with Gasteiger partial charge in [0.2, 0.25) is 0 Å². The highest BCUT2D eigenvalue weighted by atomic mass is 16.3. The van der Waals surface area contributed by atoms with E-state index in [2.05, 4.69) is 18.7 Å². The van der Waals surface area contributed by atoms with E-state index in [0.29, 0.717) is 31.1 Å². The van der Waals surface area contributed by atoms with Crippen LogP contribution in [0.4, 0.5) is 0 Å². The van der Waals surface area contributed by atoms with E-state index in [9.17, 15) is 25.5 Å². The summed E-state index contributed by atoms with van der Waals surface area (Å²) in [6.45, 7) is 8.34. The Morgan fingerprint density at radius 3 is 2.30 bits per heavy atom. The molecule has 6 rings (SSSR count). The molecule has 0 amide bonds. The molecular weight excluding hydrogens is 418 g/mol. The summed E-state index contributed by atoms with van der Waals surface area (Å²) in [6.07, 6.45) is 4.62. The number of fused-ring (bicyclic) bond motifs is 8. The van der Waals surface area contributed by atoms with Crippen LogP contribution in [0.15, 0.2) is 0 Å². The van der Waals surface area contributed by atoms with Gasteiger partial charge in [0.15, 0.2) is 0 Å². The SMILES string of the molecule is C[C@H]1CC[C@@H]2N(C1)C[C@@H]1[C@H]([C@@H](O)C[C@]3(O)[C@@H]4C[C@H](O)[C@H]5C[C@@H](O)CC[C@]5(C)[C@H]4C[C@@H]13)[C@]2(C)O. The maximum atomic E-state index is 12.3. The highest BCUT2D eigenvalue weighted by molar-refractivity contribution is 5.21. The average Bonchev–Trinajstić information content (AvgIpc) is 3.01. The van der Waals surface area contributed by atoms with E-state index in [-0.39, 0.29) is 47.2 Å². The lowest BCUT2D eigenvalue weighted by Gasteiger charge is -2.62. The minimum atomic E-state index is -0.986. The zero-order chi connectivity index (χ0) is 23.5. The van der Waals surface area contributed by atoms with Crippen molar-refractivity contribution >= 4 is 0 Å². The van der Waals surface area contributed by atoms with Crippen molar-refractivity contribution in [2.24, 2.45) is 46.8 Å². The molecule has 6 aliphatic rings. The highest BCUT2D eigenvalue weighted by Gasteiger charge is 2.71. The molecule has 33 heavy (non-hydrogen) atoms. The van der Waals surface area contributed by atoms with Crippen molar-refractivity contribution in [1.29, 1.82) is 0 Å². The third kappa shape index (κ3) is 3.07. The standard InChI is InChI=1S/C27H45NO5/c1-14-4-5-23-26(3,32)24-16(13-28(23)12-14)17-9-18-19(27(17,33)11-22(24)31)10-21(30)20-8-15(29)6-7-25(18,20)2/h14-24,29-33H,4-13H2,1-3H3/t14-,15-,16-,17-,18-,19+,20+,21-,22-,23-,24+,25+,26+,27+/m0/s1. The minimum Gasteiger partial charge on any atom is -0.393 e. The van der Waals surface area contributed by atoms with E-state index >= 15 is 0 Å². The summed E-state index contributed by atoms with van der Waals surface area (Å²) in [5.41, 5.74) is -2.03. The Kier molecular flexibility index (Phi) is 5.19. The summed E-state index contributed by atoms with van der Waals surface area (Å²) in [7, 11) is 0. The molecule has 0 unspecified atom stereocenters. The molecule has 2 saturated heterocycles. The molecule has 6 nitrogen and oxygen atoms in total. The third-order valence-corrected chi connectivity index (χ3v) is 12.1. The summed E-state index contributed by atoms with van der Waals surface area (Å²) >= 11 is 0. The lowest BCUT2D eigenvalue weighted by Crippen LogP contribution is -2.72. The molecule has 188 valence electrons. The van der Waals surface area contributed by atoms with Crippen LogP contribution >= 0.6 is 0 Å². The van der Waals surface area contributed by atoms with Crippen LogP contribution < -0.4 is 0 Å². The van der Waals surface area contributed by atoms with Crippen LogP contribution in [0.1, 0.15) is 72.1 Å². The topological polar surface area (TPSA) is 104 Å². The van der Waals surface area contributed by atoms with Crippen molar-refractivity contribution in [2.45, 2.75) is 108 Å². The van der Waals surface area contributed by atoms with Crippen molar-refractivity contribution in [3.8, 4) is 0 Å². The second kappa shape index (κ2) is 7.39. The van der Waals surface area contributed by atoms with Crippen molar-refractivity contribution in [1.82, 2.24) is 4.90 Å². The second-order valence-electron chi connectivity index (χ2n) is 13.7. The zero-order valence-electron chi connectivity index (χ0n) is 20.6. The first kappa shape index (κ1) is 23.2. The van der Waals surface area contributed by atoms with E-state index in [1.54, 1.807) is 0 Å². The smallest absolute Gasteiger partial charge is 0.0830 e. The maximum absolute atomic E-state index is 12.3. The molecule has 2 heterocycles. The predicted molar refractivity (Wildman–Crippen MR) is 124 cm³/mol. The molecule has 0 aromatic heterocycles. The Morgan fingerprint density at radius 1 is 0.788 bits per heavy atom. The fraction of sp³-hybridized carbons (Fsp3) is 1.00. The van der Waals surface area contributed by atoms with Gasteiger partial charge in [-0.1, -0.05) is 13.8 Å².